The highest BCUT2D eigenvalue weighted by Gasteiger charge is 2.21. The third-order valence-electron chi connectivity index (χ3n) is 2.70. The van der Waals surface area contributed by atoms with E-state index in [2.05, 4.69) is 10.0 Å². The number of hydrogen-bond donors (Lipinski definition) is 2. The van der Waals surface area contributed by atoms with Crippen LogP contribution in [0.2, 0.25) is 0 Å². The van der Waals surface area contributed by atoms with Gasteiger partial charge in [-0.25, -0.2) is 8.42 Å². The maximum atomic E-state index is 12.1. The summed E-state index contributed by atoms with van der Waals surface area (Å²) in [5.74, 6) is 0.142. The Morgan fingerprint density at radius 3 is 2.38 bits per heavy atom. The van der Waals surface area contributed by atoms with Gasteiger partial charge in [0.25, 0.3) is 0 Å². The lowest BCUT2D eigenvalue weighted by Crippen LogP contribution is -2.45. The van der Waals surface area contributed by atoms with Gasteiger partial charge in [0.05, 0.1) is 24.7 Å². The monoisotopic (exact) mass is 316 g/mol. The second-order valence-corrected chi connectivity index (χ2v) is 6.02. The van der Waals surface area contributed by atoms with Crippen molar-refractivity contribution in [3.8, 4) is 5.75 Å². The van der Waals surface area contributed by atoms with Gasteiger partial charge in [-0.2, -0.15) is 4.72 Å². The molecule has 0 saturated carbocycles. The number of carbonyl (C=O) groups is 1. The predicted octanol–water partition coefficient (Wildman–Crippen LogP) is 0.125. The molecule has 0 radical (unpaired) electrons. The molecule has 1 aromatic carbocycles. The van der Waals surface area contributed by atoms with E-state index in [0.29, 0.717) is 18.9 Å². The molecule has 118 valence electrons. The summed E-state index contributed by atoms with van der Waals surface area (Å²) >= 11 is 0. The van der Waals surface area contributed by atoms with Crippen molar-refractivity contribution in [1.82, 2.24) is 10.0 Å². The molecule has 0 aromatic heterocycles. The second-order valence-electron chi connectivity index (χ2n) is 4.30. The highest BCUT2D eigenvalue weighted by molar-refractivity contribution is 7.89. The van der Waals surface area contributed by atoms with E-state index in [1.807, 2.05) is 0 Å². The molecule has 1 atom stereocenters. The van der Waals surface area contributed by atoms with Crippen LogP contribution in [0.25, 0.3) is 0 Å². The van der Waals surface area contributed by atoms with Gasteiger partial charge in [-0.05, 0) is 31.2 Å². The molecule has 0 saturated heterocycles. The number of methoxy groups -OCH3 is 2. The molecule has 0 aliphatic heterocycles. The summed E-state index contributed by atoms with van der Waals surface area (Å²) in [6.07, 6.45) is 0. The van der Waals surface area contributed by atoms with Crippen LogP contribution in [-0.2, 0) is 19.6 Å². The second kappa shape index (κ2) is 7.96. The van der Waals surface area contributed by atoms with Gasteiger partial charge >= 0.3 is 0 Å². The van der Waals surface area contributed by atoms with Gasteiger partial charge in [0, 0.05) is 13.7 Å². The van der Waals surface area contributed by atoms with Crippen LogP contribution < -0.4 is 14.8 Å². The third-order valence-corrected chi connectivity index (χ3v) is 4.26. The van der Waals surface area contributed by atoms with E-state index in [1.54, 1.807) is 0 Å². The Bertz CT molecular complexity index is 556. The van der Waals surface area contributed by atoms with Crippen LogP contribution in [0.4, 0.5) is 0 Å². The first-order valence-corrected chi connectivity index (χ1v) is 7.82. The van der Waals surface area contributed by atoms with E-state index in [0.717, 1.165) is 0 Å². The number of sulfonamides is 1. The lowest BCUT2D eigenvalue weighted by molar-refractivity contribution is -0.122. The fourth-order valence-corrected chi connectivity index (χ4v) is 2.74. The fourth-order valence-electron chi connectivity index (χ4n) is 1.54. The van der Waals surface area contributed by atoms with Gasteiger partial charge in [-0.1, -0.05) is 0 Å². The topological polar surface area (TPSA) is 93.7 Å². The van der Waals surface area contributed by atoms with Crippen LogP contribution in [0.1, 0.15) is 6.92 Å². The van der Waals surface area contributed by atoms with Crippen molar-refractivity contribution >= 4 is 15.9 Å². The Hall–Kier alpha value is -1.64. The molecule has 2 N–H and O–H groups in total. The summed E-state index contributed by atoms with van der Waals surface area (Å²) < 4.78 is 36.3. The average Bonchev–Trinajstić information content (AvgIpc) is 2.47. The van der Waals surface area contributed by atoms with Gasteiger partial charge in [0.1, 0.15) is 5.75 Å². The van der Waals surface area contributed by atoms with Crippen LogP contribution >= 0.6 is 0 Å². The molecule has 8 heteroatoms. The number of benzene rings is 1. The summed E-state index contributed by atoms with van der Waals surface area (Å²) in [5.41, 5.74) is 0. The molecule has 1 rings (SSSR count). The first kappa shape index (κ1) is 17.4. The molecule has 1 aromatic rings. The number of nitrogens with one attached hydrogen (secondary N) is 2. The van der Waals surface area contributed by atoms with Gasteiger partial charge in [-0.3, -0.25) is 4.79 Å². The van der Waals surface area contributed by atoms with Gasteiger partial charge in [0.2, 0.25) is 15.9 Å². The average molecular weight is 316 g/mol. The number of ether oxygens (including phenoxy) is 2. The maximum Gasteiger partial charge on any atom is 0.241 e. The van der Waals surface area contributed by atoms with Crippen LogP contribution in [0.5, 0.6) is 5.75 Å². The number of amides is 1. The lowest BCUT2D eigenvalue weighted by atomic mass is 10.3. The summed E-state index contributed by atoms with van der Waals surface area (Å²) in [4.78, 5) is 11.8. The van der Waals surface area contributed by atoms with Crippen LogP contribution in [0.3, 0.4) is 0 Å². The smallest absolute Gasteiger partial charge is 0.241 e. The molecule has 21 heavy (non-hydrogen) atoms. The normalized spacial score (nSPS) is 12.7. The zero-order chi connectivity index (χ0) is 15.9. The summed E-state index contributed by atoms with van der Waals surface area (Å²) in [6, 6.07) is 5.03. The molecular formula is C13H20N2O5S. The Kier molecular flexibility index (Phi) is 6.60. The van der Waals surface area contributed by atoms with Gasteiger partial charge in [-0.15, -0.1) is 0 Å². The van der Waals surface area contributed by atoms with E-state index in [1.165, 1.54) is 45.4 Å². The minimum Gasteiger partial charge on any atom is -0.497 e. The highest BCUT2D eigenvalue weighted by atomic mass is 32.2. The van der Waals surface area contributed by atoms with E-state index >= 15 is 0 Å². The number of carbonyl (C=O) groups excluding carboxylic acids is 1. The van der Waals surface area contributed by atoms with Gasteiger partial charge < -0.3 is 14.8 Å². The molecule has 0 aliphatic carbocycles. The Labute approximate surface area is 124 Å². The van der Waals surface area contributed by atoms with Crippen LogP contribution in [0, 0.1) is 0 Å². The predicted molar refractivity (Wildman–Crippen MR) is 77.7 cm³/mol. The first-order chi connectivity index (χ1) is 9.90. The van der Waals surface area contributed by atoms with E-state index in [9.17, 15) is 13.2 Å². The van der Waals surface area contributed by atoms with Crippen molar-refractivity contribution in [1.29, 1.82) is 0 Å². The summed E-state index contributed by atoms with van der Waals surface area (Å²) in [7, 11) is -0.748. The SMILES string of the molecule is COCCNC(=O)[C@H](C)NS(=O)(=O)c1ccc(OC)cc1. The minimum absolute atomic E-state index is 0.0693. The maximum absolute atomic E-state index is 12.1. The van der Waals surface area contributed by atoms with Crippen LogP contribution in [0.15, 0.2) is 29.2 Å². The number of rotatable bonds is 8. The molecule has 1 amide bonds. The molecule has 0 aliphatic rings. The molecule has 0 bridgehead atoms. The van der Waals surface area contributed by atoms with Crippen molar-refractivity contribution in [3.05, 3.63) is 24.3 Å². The molecule has 0 spiro atoms. The quantitative estimate of drug-likeness (QED) is 0.665. The van der Waals surface area contributed by atoms with Gasteiger partial charge in [0.15, 0.2) is 0 Å². The van der Waals surface area contributed by atoms with Crippen molar-refractivity contribution in [2.75, 3.05) is 27.4 Å². The fraction of sp³-hybridized carbons (Fsp3) is 0.462. The molecule has 0 fully saturated rings. The molecule has 0 unspecified atom stereocenters. The van der Waals surface area contributed by atoms with Crippen LogP contribution in [-0.4, -0.2) is 47.7 Å². The Morgan fingerprint density at radius 1 is 1.24 bits per heavy atom. The Morgan fingerprint density at radius 2 is 1.86 bits per heavy atom. The zero-order valence-electron chi connectivity index (χ0n) is 12.3. The molecular weight excluding hydrogens is 296 g/mol. The van der Waals surface area contributed by atoms with E-state index < -0.39 is 22.0 Å². The minimum atomic E-state index is -3.76. The highest BCUT2D eigenvalue weighted by Crippen LogP contribution is 2.15. The van der Waals surface area contributed by atoms with Crippen molar-refractivity contribution in [2.24, 2.45) is 0 Å². The summed E-state index contributed by atoms with van der Waals surface area (Å²) in [5, 5.41) is 2.56. The summed E-state index contributed by atoms with van der Waals surface area (Å²) in [6.45, 7) is 2.16. The van der Waals surface area contributed by atoms with E-state index in [4.69, 9.17) is 9.47 Å². The molecule has 7 nitrogen and oxygen atoms in total. The number of hydrogen-bond acceptors (Lipinski definition) is 5. The standard InChI is InChI=1S/C13H20N2O5S/c1-10(13(16)14-8-9-19-2)15-21(17,18)12-6-4-11(20-3)5-7-12/h4-7,10,15H,8-9H2,1-3H3,(H,14,16)/t10-/m0/s1. The van der Waals surface area contributed by atoms with Crippen molar-refractivity contribution in [3.63, 3.8) is 0 Å². The first-order valence-electron chi connectivity index (χ1n) is 6.33. The lowest BCUT2D eigenvalue weighted by Gasteiger charge is -2.14. The molecule has 0 heterocycles. The third kappa shape index (κ3) is 5.33. The zero-order valence-corrected chi connectivity index (χ0v) is 13.1. The van der Waals surface area contributed by atoms with Crippen molar-refractivity contribution in [2.45, 2.75) is 17.9 Å². The van der Waals surface area contributed by atoms with Crippen molar-refractivity contribution < 1.29 is 22.7 Å². The Balaban J connectivity index is 2.68. The largest absolute Gasteiger partial charge is 0.497 e. The van der Waals surface area contributed by atoms with E-state index in [-0.39, 0.29) is 4.90 Å².